The topological polar surface area (TPSA) is 76.1 Å². The van der Waals surface area contributed by atoms with Crippen molar-refractivity contribution in [2.24, 2.45) is 5.73 Å². The molecule has 0 spiro atoms. The first-order valence-corrected chi connectivity index (χ1v) is 4.15. The van der Waals surface area contributed by atoms with Crippen molar-refractivity contribution < 1.29 is 13.9 Å². The molecule has 1 aromatic rings. The van der Waals surface area contributed by atoms with Crippen LogP contribution in [-0.2, 0) is 11.3 Å². The number of carbonyl (C=O) groups is 1. The third-order valence-electron chi connectivity index (χ3n) is 1.97. The van der Waals surface area contributed by atoms with Gasteiger partial charge in [-0.1, -0.05) is 6.07 Å². The Balaban J connectivity index is 3.37. The van der Waals surface area contributed by atoms with Gasteiger partial charge in [0.2, 0.25) is 0 Å². The number of methoxy groups -OCH3 is 1. The second-order valence-electron chi connectivity index (χ2n) is 2.77. The van der Waals surface area contributed by atoms with Crippen LogP contribution in [0.15, 0.2) is 12.1 Å². The number of benzene rings is 1. The third kappa shape index (κ3) is 1.95. The number of nitrogens with two attached hydrogens (primary N) is 1. The molecule has 0 fully saturated rings. The van der Waals surface area contributed by atoms with Crippen LogP contribution >= 0.6 is 0 Å². The first kappa shape index (κ1) is 11.1. The number of esters is 1. The van der Waals surface area contributed by atoms with Gasteiger partial charge in [0.05, 0.1) is 18.2 Å². The van der Waals surface area contributed by atoms with Gasteiger partial charge >= 0.3 is 5.97 Å². The quantitative estimate of drug-likeness (QED) is 0.734. The normalized spacial score (nSPS) is 9.47. The van der Waals surface area contributed by atoms with E-state index in [1.54, 1.807) is 6.07 Å². The van der Waals surface area contributed by atoms with Crippen molar-refractivity contribution in [1.82, 2.24) is 0 Å². The van der Waals surface area contributed by atoms with Crippen LogP contribution in [0.25, 0.3) is 0 Å². The lowest BCUT2D eigenvalue weighted by atomic mass is 10.0. The molecule has 0 unspecified atom stereocenters. The predicted molar refractivity (Wildman–Crippen MR) is 50.3 cm³/mol. The van der Waals surface area contributed by atoms with Gasteiger partial charge in [0.25, 0.3) is 0 Å². The van der Waals surface area contributed by atoms with Crippen LogP contribution in [0.4, 0.5) is 4.39 Å². The molecule has 0 aliphatic rings. The summed E-state index contributed by atoms with van der Waals surface area (Å²) in [6.45, 7) is 0.0429. The van der Waals surface area contributed by atoms with Gasteiger partial charge in [0.1, 0.15) is 6.07 Å². The second kappa shape index (κ2) is 4.53. The molecule has 0 aliphatic carbocycles. The van der Waals surface area contributed by atoms with Gasteiger partial charge in [-0.15, -0.1) is 0 Å². The molecule has 0 bridgehead atoms. The van der Waals surface area contributed by atoms with Crippen molar-refractivity contribution in [2.45, 2.75) is 6.54 Å². The van der Waals surface area contributed by atoms with E-state index in [0.717, 1.165) is 7.11 Å². The zero-order valence-corrected chi connectivity index (χ0v) is 8.08. The summed E-state index contributed by atoms with van der Waals surface area (Å²) in [4.78, 5) is 11.1. The van der Waals surface area contributed by atoms with Crippen molar-refractivity contribution in [1.29, 1.82) is 5.26 Å². The highest BCUT2D eigenvalue weighted by atomic mass is 19.1. The highest BCUT2D eigenvalue weighted by Crippen LogP contribution is 2.17. The molecule has 2 N–H and O–H groups in total. The van der Waals surface area contributed by atoms with Crippen LogP contribution in [0, 0.1) is 17.1 Å². The maximum absolute atomic E-state index is 13.6. The van der Waals surface area contributed by atoms with Crippen molar-refractivity contribution in [2.75, 3.05) is 7.11 Å². The van der Waals surface area contributed by atoms with E-state index in [1.807, 2.05) is 0 Å². The molecular weight excluding hydrogens is 199 g/mol. The second-order valence-corrected chi connectivity index (χ2v) is 2.77. The maximum Gasteiger partial charge on any atom is 0.340 e. The number of nitriles is 1. The Bertz CT molecular complexity index is 438. The number of nitrogens with zero attached hydrogens (tertiary/aromatic N) is 1. The summed E-state index contributed by atoms with van der Waals surface area (Å²) in [5.74, 6) is -1.69. The summed E-state index contributed by atoms with van der Waals surface area (Å²) in [5, 5.41) is 8.71. The minimum absolute atomic E-state index is 0.0429. The van der Waals surface area contributed by atoms with Crippen molar-refractivity contribution >= 4 is 5.97 Å². The minimum atomic E-state index is -0.882. The van der Waals surface area contributed by atoms with Crippen LogP contribution in [0.3, 0.4) is 0 Å². The van der Waals surface area contributed by atoms with Crippen LogP contribution in [0.2, 0.25) is 0 Å². The van der Waals surface area contributed by atoms with Gasteiger partial charge in [-0.25, -0.2) is 9.18 Å². The summed E-state index contributed by atoms with van der Waals surface area (Å²) in [7, 11) is 1.14. The Morgan fingerprint density at radius 2 is 2.33 bits per heavy atom. The monoisotopic (exact) mass is 208 g/mol. The molecule has 0 aliphatic heterocycles. The van der Waals surface area contributed by atoms with Gasteiger partial charge in [-0.3, -0.25) is 0 Å². The summed E-state index contributed by atoms with van der Waals surface area (Å²) < 4.78 is 17.9. The standard InChI is InChI=1S/C10H9FN2O2/c1-15-10(14)7-3-2-6(4-12)8(5-13)9(7)11/h2-3H,4,12H2,1H3. The van der Waals surface area contributed by atoms with Crippen LogP contribution in [0.1, 0.15) is 21.5 Å². The van der Waals surface area contributed by atoms with Crippen molar-refractivity contribution in [3.63, 3.8) is 0 Å². The van der Waals surface area contributed by atoms with E-state index in [9.17, 15) is 9.18 Å². The smallest absolute Gasteiger partial charge is 0.340 e. The van der Waals surface area contributed by atoms with E-state index in [-0.39, 0.29) is 17.7 Å². The van der Waals surface area contributed by atoms with Gasteiger partial charge < -0.3 is 10.5 Å². The molecule has 15 heavy (non-hydrogen) atoms. The largest absolute Gasteiger partial charge is 0.465 e. The first-order valence-electron chi connectivity index (χ1n) is 4.15. The Labute approximate surface area is 86.1 Å². The molecule has 0 amide bonds. The zero-order chi connectivity index (χ0) is 11.4. The molecule has 0 radical (unpaired) electrons. The van der Waals surface area contributed by atoms with Crippen LogP contribution in [-0.4, -0.2) is 13.1 Å². The summed E-state index contributed by atoms with van der Waals surface area (Å²) >= 11 is 0. The summed E-state index contributed by atoms with van der Waals surface area (Å²) in [6.07, 6.45) is 0. The Morgan fingerprint density at radius 3 is 2.80 bits per heavy atom. The molecule has 78 valence electrons. The average molecular weight is 208 g/mol. The molecule has 0 atom stereocenters. The highest BCUT2D eigenvalue weighted by molar-refractivity contribution is 5.90. The molecule has 1 aromatic carbocycles. The van der Waals surface area contributed by atoms with E-state index in [4.69, 9.17) is 11.0 Å². The zero-order valence-electron chi connectivity index (χ0n) is 8.08. The van der Waals surface area contributed by atoms with E-state index in [2.05, 4.69) is 4.74 Å². The van der Waals surface area contributed by atoms with E-state index < -0.39 is 11.8 Å². The van der Waals surface area contributed by atoms with Gasteiger partial charge in [-0.05, 0) is 11.6 Å². The van der Waals surface area contributed by atoms with E-state index >= 15 is 0 Å². The lowest BCUT2D eigenvalue weighted by Gasteiger charge is -2.05. The molecule has 4 nitrogen and oxygen atoms in total. The predicted octanol–water partition coefficient (Wildman–Crippen LogP) is 0.943. The number of hydrogen-bond donors (Lipinski definition) is 1. The van der Waals surface area contributed by atoms with Gasteiger partial charge in [-0.2, -0.15) is 5.26 Å². The van der Waals surface area contributed by atoms with Crippen LogP contribution < -0.4 is 5.73 Å². The van der Waals surface area contributed by atoms with Crippen molar-refractivity contribution in [3.8, 4) is 6.07 Å². The Hall–Kier alpha value is -1.93. The summed E-state index contributed by atoms with van der Waals surface area (Å²) in [6, 6.07) is 4.36. The molecule has 1 rings (SSSR count). The SMILES string of the molecule is COC(=O)c1ccc(CN)c(C#N)c1F. The number of hydrogen-bond acceptors (Lipinski definition) is 4. The van der Waals surface area contributed by atoms with Gasteiger partial charge in [0.15, 0.2) is 5.82 Å². The lowest BCUT2D eigenvalue weighted by molar-refractivity contribution is 0.0595. The van der Waals surface area contributed by atoms with Crippen molar-refractivity contribution in [3.05, 3.63) is 34.6 Å². The molecular formula is C10H9FN2O2. The first-order chi connectivity index (χ1) is 7.15. The lowest BCUT2D eigenvalue weighted by Crippen LogP contribution is -2.09. The number of halogens is 1. The molecule has 5 heteroatoms. The molecule has 0 saturated carbocycles. The number of ether oxygens (including phenoxy) is 1. The molecule has 0 aromatic heterocycles. The van der Waals surface area contributed by atoms with E-state index in [0.29, 0.717) is 5.56 Å². The third-order valence-corrected chi connectivity index (χ3v) is 1.97. The van der Waals surface area contributed by atoms with Crippen LogP contribution in [0.5, 0.6) is 0 Å². The fourth-order valence-electron chi connectivity index (χ4n) is 1.17. The number of carbonyl (C=O) groups excluding carboxylic acids is 1. The molecule has 0 saturated heterocycles. The Kier molecular flexibility index (Phi) is 3.37. The minimum Gasteiger partial charge on any atom is -0.465 e. The fraction of sp³-hybridized carbons (Fsp3) is 0.200. The van der Waals surface area contributed by atoms with Gasteiger partial charge in [0, 0.05) is 6.54 Å². The fourth-order valence-corrected chi connectivity index (χ4v) is 1.17. The highest BCUT2D eigenvalue weighted by Gasteiger charge is 2.17. The molecule has 0 heterocycles. The van der Waals surface area contributed by atoms with E-state index in [1.165, 1.54) is 12.1 Å². The number of rotatable bonds is 2. The maximum atomic E-state index is 13.6. The average Bonchev–Trinajstić information content (AvgIpc) is 2.27. The summed E-state index contributed by atoms with van der Waals surface area (Å²) in [5.41, 5.74) is 5.22. The Morgan fingerprint density at radius 1 is 1.67 bits per heavy atom.